The summed E-state index contributed by atoms with van der Waals surface area (Å²) in [5.41, 5.74) is 2.92. The minimum absolute atomic E-state index is 0.0349. The van der Waals surface area contributed by atoms with Gasteiger partial charge in [-0.25, -0.2) is 0 Å². The summed E-state index contributed by atoms with van der Waals surface area (Å²) in [5.74, 6) is 0.456. The number of carbonyl (C=O) groups excluding carboxylic acids is 1. The van der Waals surface area contributed by atoms with E-state index >= 15 is 0 Å². The average molecular weight is 367 g/mol. The molecular weight excluding hydrogens is 350 g/mol. The number of aromatic hydroxyl groups is 1. The van der Waals surface area contributed by atoms with Crippen molar-refractivity contribution in [2.45, 2.75) is 24.5 Å². The van der Waals surface area contributed by atoms with Gasteiger partial charge in [0.25, 0.3) is 0 Å². The number of hydrogen-bond acceptors (Lipinski definition) is 6. The Bertz CT molecular complexity index is 941. The first-order chi connectivity index (χ1) is 12.6. The van der Waals surface area contributed by atoms with Crippen LogP contribution in [0.2, 0.25) is 0 Å². The van der Waals surface area contributed by atoms with Crippen molar-refractivity contribution in [3.05, 3.63) is 54.1 Å². The molecule has 132 valence electrons. The number of amides is 1. The molecule has 0 unspecified atom stereocenters. The first-order valence-electron chi connectivity index (χ1n) is 8.24. The van der Waals surface area contributed by atoms with Crippen LogP contribution in [0.25, 0.3) is 5.69 Å². The molecular formula is C18H17N5O2S. The van der Waals surface area contributed by atoms with Gasteiger partial charge >= 0.3 is 0 Å². The van der Waals surface area contributed by atoms with Gasteiger partial charge in [-0.1, -0.05) is 30.0 Å². The summed E-state index contributed by atoms with van der Waals surface area (Å²) < 4.78 is 1.55. The zero-order chi connectivity index (χ0) is 18.1. The Labute approximate surface area is 154 Å². The number of carbonyl (C=O) groups is 1. The van der Waals surface area contributed by atoms with Crippen molar-refractivity contribution in [1.29, 1.82) is 0 Å². The number of fused-ring (bicyclic) bond motifs is 1. The van der Waals surface area contributed by atoms with E-state index in [0.29, 0.717) is 5.16 Å². The molecule has 4 rings (SSSR count). The van der Waals surface area contributed by atoms with Crippen LogP contribution in [0.15, 0.2) is 53.7 Å². The van der Waals surface area contributed by atoms with E-state index in [2.05, 4.69) is 28.5 Å². The predicted molar refractivity (Wildman–Crippen MR) is 98.6 cm³/mol. The van der Waals surface area contributed by atoms with Crippen molar-refractivity contribution in [3.63, 3.8) is 0 Å². The lowest BCUT2D eigenvalue weighted by atomic mass is 10.1. The van der Waals surface area contributed by atoms with Gasteiger partial charge in [-0.3, -0.25) is 4.79 Å². The molecule has 2 heterocycles. The summed E-state index contributed by atoms with van der Waals surface area (Å²) in [6.07, 6.45) is 0.873. The Morgan fingerprint density at radius 2 is 2.00 bits per heavy atom. The van der Waals surface area contributed by atoms with Crippen LogP contribution in [0.4, 0.5) is 5.69 Å². The summed E-state index contributed by atoms with van der Waals surface area (Å²) in [5, 5.41) is 21.6. The Balaban J connectivity index is 1.49. The normalized spacial score (nSPS) is 15.9. The molecule has 0 saturated carbocycles. The minimum Gasteiger partial charge on any atom is -0.508 e. The zero-order valence-corrected chi connectivity index (χ0v) is 14.9. The number of rotatable bonds is 4. The fourth-order valence-electron chi connectivity index (χ4n) is 3.17. The number of nitrogens with zero attached hydrogens (tertiary/aromatic N) is 5. The van der Waals surface area contributed by atoms with Crippen molar-refractivity contribution in [2.75, 3.05) is 10.7 Å². The summed E-state index contributed by atoms with van der Waals surface area (Å²) in [6.45, 7) is 2.06. The number of hydrogen-bond donors (Lipinski definition) is 1. The van der Waals surface area contributed by atoms with Crippen LogP contribution in [0.1, 0.15) is 12.5 Å². The molecule has 0 spiro atoms. The third-order valence-corrected chi connectivity index (χ3v) is 5.24. The van der Waals surface area contributed by atoms with E-state index in [-0.39, 0.29) is 23.5 Å². The van der Waals surface area contributed by atoms with Crippen molar-refractivity contribution in [3.8, 4) is 11.4 Å². The van der Waals surface area contributed by atoms with E-state index in [1.54, 1.807) is 28.9 Å². The molecule has 2 aromatic carbocycles. The van der Waals surface area contributed by atoms with Gasteiger partial charge in [0.05, 0.1) is 11.4 Å². The Kier molecular flexibility index (Phi) is 4.34. The SMILES string of the molecule is C[C@@H]1Cc2ccccc2N1C(=O)CSc1nnnn1-c1ccc(O)cc1. The smallest absolute Gasteiger partial charge is 0.237 e. The third kappa shape index (κ3) is 3.03. The van der Waals surface area contributed by atoms with Gasteiger partial charge in [-0.15, -0.1) is 5.10 Å². The highest BCUT2D eigenvalue weighted by atomic mass is 32.2. The molecule has 1 atom stereocenters. The van der Waals surface area contributed by atoms with Crippen LogP contribution in [0.5, 0.6) is 5.75 Å². The summed E-state index contributed by atoms with van der Waals surface area (Å²) >= 11 is 1.30. The molecule has 0 fully saturated rings. The van der Waals surface area contributed by atoms with Gasteiger partial charge in [0.1, 0.15) is 5.75 Å². The molecule has 1 aromatic heterocycles. The van der Waals surface area contributed by atoms with Crippen LogP contribution in [-0.2, 0) is 11.2 Å². The molecule has 0 bridgehead atoms. The van der Waals surface area contributed by atoms with Crippen molar-refractivity contribution < 1.29 is 9.90 Å². The Hall–Kier alpha value is -2.87. The lowest BCUT2D eigenvalue weighted by molar-refractivity contribution is -0.116. The van der Waals surface area contributed by atoms with E-state index in [4.69, 9.17) is 0 Å². The van der Waals surface area contributed by atoms with Crippen LogP contribution in [0, 0.1) is 0 Å². The molecule has 1 N–H and O–H groups in total. The second-order valence-corrected chi connectivity index (χ2v) is 7.07. The van der Waals surface area contributed by atoms with Crippen LogP contribution >= 0.6 is 11.8 Å². The Morgan fingerprint density at radius 3 is 2.81 bits per heavy atom. The minimum atomic E-state index is 0.0349. The standard InChI is InChI=1S/C18H17N5O2S/c1-12-10-13-4-2-3-5-16(13)22(12)17(25)11-26-18-19-20-21-23(18)14-6-8-15(24)9-7-14/h2-9,12,24H,10-11H2,1H3/t12-/m1/s1. The van der Waals surface area contributed by atoms with Crippen LogP contribution in [0.3, 0.4) is 0 Å². The first-order valence-corrected chi connectivity index (χ1v) is 9.22. The van der Waals surface area contributed by atoms with Gasteiger partial charge in [0.2, 0.25) is 11.1 Å². The number of anilines is 1. The summed E-state index contributed by atoms with van der Waals surface area (Å²) in [7, 11) is 0. The summed E-state index contributed by atoms with van der Waals surface area (Å²) in [6, 6.07) is 14.7. The maximum atomic E-state index is 12.8. The second kappa shape index (κ2) is 6.80. The van der Waals surface area contributed by atoms with Gasteiger partial charge in [0, 0.05) is 11.7 Å². The molecule has 7 nitrogen and oxygen atoms in total. The molecule has 0 aliphatic carbocycles. The van der Waals surface area contributed by atoms with Gasteiger partial charge < -0.3 is 10.0 Å². The lowest BCUT2D eigenvalue weighted by Crippen LogP contribution is -2.37. The fraction of sp³-hybridized carbons (Fsp3) is 0.222. The highest BCUT2D eigenvalue weighted by Crippen LogP contribution is 2.32. The maximum Gasteiger partial charge on any atom is 0.237 e. The van der Waals surface area contributed by atoms with Crippen molar-refractivity contribution in [1.82, 2.24) is 20.2 Å². The number of para-hydroxylation sites is 1. The number of aromatic nitrogens is 4. The topological polar surface area (TPSA) is 84.1 Å². The first kappa shape index (κ1) is 16.6. The van der Waals surface area contributed by atoms with Crippen LogP contribution in [-0.4, -0.2) is 43.0 Å². The molecule has 3 aromatic rings. The Morgan fingerprint density at radius 1 is 1.23 bits per heavy atom. The quantitative estimate of drug-likeness (QED) is 0.713. The van der Waals surface area contributed by atoms with E-state index in [1.807, 2.05) is 23.1 Å². The van der Waals surface area contributed by atoms with E-state index in [0.717, 1.165) is 17.8 Å². The van der Waals surface area contributed by atoms with E-state index in [9.17, 15) is 9.90 Å². The largest absolute Gasteiger partial charge is 0.508 e. The van der Waals surface area contributed by atoms with Gasteiger partial charge in [-0.2, -0.15) is 4.68 Å². The number of tetrazole rings is 1. The number of thioether (sulfide) groups is 1. The highest BCUT2D eigenvalue weighted by molar-refractivity contribution is 7.99. The molecule has 1 aliphatic heterocycles. The van der Waals surface area contributed by atoms with Gasteiger partial charge in [-0.05, 0) is 59.7 Å². The van der Waals surface area contributed by atoms with E-state index in [1.165, 1.54) is 17.3 Å². The lowest BCUT2D eigenvalue weighted by Gasteiger charge is -2.22. The number of phenolic OH excluding ortho intramolecular Hbond substituents is 1. The predicted octanol–water partition coefficient (Wildman–Crippen LogP) is 2.44. The number of benzene rings is 2. The molecule has 1 amide bonds. The van der Waals surface area contributed by atoms with Gasteiger partial charge in [0.15, 0.2) is 0 Å². The average Bonchev–Trinajstić information content (AvgIpc) is 3.23. The monoisotopic (exact) mass is 367 g/mol. The van der Waals surface area contributed by atoms with E-state index < -0.39 is 0 Å². The summed E-state index contributed by atoms with van der Waals surface area (Å²) in [4.78, 5) is 14.7. The molecule has 8 heteroatoms. The van der Waals surface area contributed by atoms with Crippen LogP contribution < -0.4 is 4.90 Å². The fourth-order valence-corrected chi connectivity index (χ4v) is 3.92. The second-order valence-electron chi connectivity index (χ2n) is 6.12. The molecule has 0 saturated heterocycles. The number of phenols is 1. The molecule has 1 aliphatic rings. The molecule has 0 radical (unpaired) electrons. The maximum absolute atomic E-state index is 12.8. The zero-order valence-electron chi connectivity index (χ0n) is 14.1. The molecule has 26 heavy (non-hydrogen) atoms. The van der Waals surface area contributed by atoms with Crippen molar-refractivity contribution in [2.24, 2.45) is 0 Å². The third-order valence-electron chi connectivity index (χ3n) is 4.34. The van der Waals surface area contributed by atoms with Crippen molar-refractivity contribution >= 4 is 23.4 Å². The highest BCUT2D eigenvalue weighted by Gasteiger charge is 2.30.